The summed E-state index contributed by atoms with van der Waals surface area (Å²) in [6.07, 6.45) is 1.96. The van der Waals surface area contributed by atoms with Gasteiger partial charge in [0.2, 0.25) is 5.91 Å². The second-order valence-electron chi connectivity index (χ2n) is 6.57. The van der Waals surface area contributed by atoms with Crippen LogP contribution in [0.4, 0.5) is 5.69 Å². The van der Waals surface area contributed by atoms with Crippen molar-refractivity contribution in [3.05, 3.63) is 53.6 Å². The monoisotopic (exact) mass is 353 g/mol. The molecule has 0 unspecified atom stereocenters. The first-order valence-electron chi connectivity index (χ1n) is 8.60. The van der Waals surface area contributed by atoms with E-state index in [0.717, 1.165) is 22.6 Å². The zero-order valence-corrected chi connectivity index (χ0v) is 15.4. The minimum Gasteiger partial charge on any atom is -0.321 e. The summed E-state index contributed by atoms with van der Waals surface area (Å²) in [6.45, 7) is 7.97. The second-order valence-corrected chi connectivity index (χ2v) is 6.57. The molecule has 0 spiro atoms. The summed E-state index contributed by atoms with van der Waals surface area (Å²) in [5.74, 6) is -0.171. The topological polar surface area (TPSA) is 90.5 Å². The van der Waals surface area contributed by atoms with Crippen LogP contribution in [0, 0.1) is 13.8 Å². The summed E-state index contributed by atoms with van der Waals surface area (Å²) >= 11 is 0. The van der Waals surface area contributed by atoms with Crippen molar-refractivity contribution in [1.29, 1.82) is 0 Å². The number of nitrogens with zero attached hydrogens (tertiary/aromatic N) is 6. The van der Waals surface area contributed by atoms with Crippen molar-refractivity contribution in [3.8, 4) is 0 Å². The number of hydrogen-bond acceptors (Lipinski definition) is 5. The quantitative estimate of drug-likeness (QED) is 0.735. The van der Waals surface area contributed by atoms with Gasteiger partial charge in [0, 0.05) is 12.5 Å². The Morgan fingerprint density at radius 3 is 2.50 bits per heavy atom. The first kappa shape index (κ1) is 17.8. The molecule has 0 aliphatic heterocycles. The first-order chi connectivity index (χ1) is 12.5. The van der Waals surface area contributed by atoms with Crippen molar-refractivity contribution >= 4 is 11.6 Å². The molecule has 8 nitrogen and oxygen atoms in total. The van der Waals surface area contributed by atoms with Crippen LogP contribution in [0.2, 0.25) is 0 Å². The third kappa shape index (κ3) is 3.63. The molecule has 0 saturated carbocycles. The number of carbonyl (C=O) groups is 1. The average molecular weight is 353 g/mol. The van der Waals surface area contributed by atoms with E-state index in [1.807, 2.05) is 48.9 Å². The first-order valence-corrected chi connectivity index (χ1v) is 8.60. The highest BCUT2D eigenvalue weighted by Crippen LogP contribution is 2.24. The van der Waals surface area contributed by atoms with Crippen LogP contribution < -0.4 is 5.32 Å². The second kappa shape index (κ2) is 7.47. The maximum atomic E-state index is 13.0. The van der Waals surface area contributed by atoms with Crippen LogP contribution in [0.3, 0.4) is 0 Å². The molecule has 8 heteroatoms. The minimum absolute atomic E-state index is 0.171. The van der Waals surface area contributed by atoms with E-state index in [2.05, 4.69) is 39.8 Å². The van der Waals surface area contributed by atoms with Gasteiger partial charge in [-0.05, 0) is 43.7 Å². The number of anilines is 1. The molecule has 136 valence electrons. The van der Waals surface area contributed by atoms with Crippen molar-refractivity contribution in [2.75, 3.05) is 5.32 Å². The van der Waals surface area contributed by atoms with E-state index in [-0.39, 0.29) is 11.9 Å². The molecule has 26 heavy (non-hydrogen) atoms. The Hall–Kier alpha value is -3.03. The van der Waals surface area contributed by atoms with Crippen molar-refractivity contribution in [3.63, 3.8) is 0 Å². The molecule has 0 radical (unpaired) electrons. The van der Waals surface area contributed by atoms with Gasteiger partial charge in [0.05, 0.1) is 17.1 Å². The molecular formula is C18H23N7O. The highest BCUT2D eigenvalue weighted by atomic mass is 16.2. The lowest BCUT2D eigenvalue weighted by Crippen LogP contribution is -2.28. The Bertz CT molecular complexity index is 869. The van der Waals surface area contributed by atoms with Gasteiger partial charge in [-0.25, -0.2) is 4.68 Å². The van der Waals surface area contributed by atoms with Crippen LogP contribution in [0.5, 0.6) is 0 Å². The lowest BCUT2D eigenvalue weighted by Gasteiger charge is -2.17. The third-order valence-electron chi connectivity index (χ3n) is 4.32. The lowest BCUT2D eigenvalue weighted by molar-refractivity contribution is -0.119. The summed E-state index contributed by atoms with van der Waals surface area (Å²) in [7, 11) is 0. The average Bonchev–Trinajstić information content (AvgIpc) is 3.24. The highest BCUT2D eigenvalue weighted by molar-refractivity contribution is 5.94. The summed E-state index contributed by atoms with van der Waals surface area (Å²) in [6, 6.07) is 9.49. The van der Waals surface area contributed by atoms with Gasteiger partial charge in [-0.2, -0.15) is 5.10 Å². The maximum Gasteiger partial charge on any atom is 0.249 e. The van der Waals surface area contributed by atoms with Crippen LogP contribution in [0.25, 0.3) is 0 Å². The van der Waals surface area contributed by atoms with E-state index < -0.39 is 6.04 Å². The number of aromatic nitrogens is 6. The summed E-state index contributed by atoms with van der Waals surface area (Å²) in [4.78, 5) is 13.0. The van der Waals surface area contributed by atoms with Gasteiger partial charge < -0.3 is 5.32 Å². The molecule has 1 N–H and O–H groups in total. The summed E-state index contributed by atoms with van der Waals surface area (Å²) in [5.41, 5.74) is 3.50. The fourth-order valence-corrected chi connectivity index (χ4v) is 3.01. The molecule has 1 amide bonds. The van der Waals surface area contributed by atoms with Gasteiger partial charge in [-0.1, -0.05) is 30.3 Å². The van der Waals surface area contributed by atoms with Gasteiger partial charge in [0.25, 0.3) is 0 Å². The molecule has 3 aromatic rings. The van der Waals surface area contributed by atoms with Crippen LogP contribution in [0.15, 0.2) is 36.7 Å². The Kier molecular flexibility index (Phi) is 5.11. The van der Waals surface area contributed by atoms with Gasteiger partial charge in [-0.15, -0.1) is 5.10 Å². The van der Waals surface area contributed by atoms with E-state index in [1.54, 1.807) is 0 Å². The van der Waals surface area contributed by atoms with E-state index in [4.69, 9.17) is 0 Å². The van der Waals surface area contributed by atoms with Crippen molar-refractivity contribution < 1.29 is 4.79 Å². The maximum absolute atomic E-state index is 13.0. The smallest absolute Gasteiger partial charge is 0.249 e. The Morgan fingerprint density at radius 2 is 1.92 bits per heavy atom. The van der Waals surface area contributed by atoms with Gasteiger partial charge in [0.15, 0.2) is 0 Å². The van der Waals surface area contributed by atoms with Crippen LogP contribution in [-0.4, -0.2) is 35.9 Å². The van der Waals surface area contributed by atoms with Gasteiger partial charge in [0.1, 0.15) is 12.4 Å². The van der Waals surface area contributed by atoms with E-state index in [9.17, 15) is 4.79 Å². The Morgan fingerprint density at radius 1 is 1.19 bits per heavy atom. The Balaban J connectivity index is 1.87. The predicted octanol–water partition coefficient (Wildman–Crippen LogP) is 2.49. The van der Waals surface area contributed by atoms with E-state index >= 15 is 0 Å². The molecule has 0 saturated heterocycles. The van der Waals surface area contributed by atoms with Crippen LogP contribution in [0.1, 0.15) is 42.9 Å². The zero-order chi connectivity index (χ0) is 18.7. The number of benzene rings is 1. The summed E-state index contributed by atoms with van der Waals surface area (Å²) < 4.78 is 3.40. The van der Waals surface area contributed by atoms with Crippen molar-refractivity contribution in [1.82, 2.24) is 30.0 Å². The number of tetrazole rings is 1. The SMILES string of the molecule is Cc1nn(C(C)C)c(C)c1NC(=O)[C@@H](Cc1ccccc1)n1cnnn1. The molecule has 0 bridgehead atoms. The number of hydrogen-bond donors (Lipinski definition) is 1. The molecule has 1 aromatic carbocycles. The third-order valence-corrected chi connectivity index (χ3v) is 4.32. The lowest BCUT2D eigenvalue weighted by atomic mass is 10.1. The Labute approximate surface area is 152 Å². The molecule has 1 atom stereocenters. The van der Waals surface area contributed by atoms with E-state index in [0.29, 0.717) is 6.42 Å². The number of carbonyl (C=O) groups excluding carboxylic acids is 1. The number of rotatable bonds is 6. The molecular weight excluding hydrogens is 330 g/mol. The van der Waals surface area contributed by atoms with Gasteiger partial charge in [-0.3, -0.25) is 9.48 Å². The number of amides is 1. The molecule has 3 rings (SSSR count). The van der Waals surface area contributed by atoms with E-state index in [1.165, 1.54) is 11.0 Å². The molecule has 0 aliphatic carbocycles. The predicted molar refractivity (Wildman–Crippen MR) is 97.7 cm³/mol. The molecule has 2 aromatic heterocycles. The number of aryl methyl sites for hydroxylation is 1. The fourth-order valence-electron chi connectivity index (χ4n) is 3.01. The molecule has 2 heterocycles. The minimum atomic E-state index is -0.548. The zero-order valence-electron chi connectivity index (χ0n) is 15.4. The van der Waals surface area contributed by atoms with Crippen LogP contribution >= 0.6 is 0 Å². The largest absolute Gasteiger partial charge is 0.321 e. The number of nitrogens with one attached hydrogen (secondary N) is 1. The van der Waals surface area contributed by atoms with Crippen molar-refractivity contribution in [2.45, 2.75) is 46.2 Å². The fraction of sp³-hybridized carbons (Fsp3) is 0.389. The highest BCUT2D eigenvalue weighted by Gasteiger charge is 2.25. The standard InChI is InChI=1S/C18H23N7O/c1-12(2)25-14(4)17(13(3)21-25)20-18(26)16(24-11-19-22-23-24)10-15-8-6-5-7-9-15/h5-9,11-12,16H,10H2,1-4H3,(H,20,26)/t16-/m1/s1. The van der Waals surface area contributed by atoms with Crippen molar-refractivity contribution in [2.24, 2.45) is 0 Å². The molecule has 0 fully saturated rings. The summed E-state index contributed by atoms with van der Waals surface area (Å²) in [5, 5.41) is 18.8. The normalized spacial score (nSPS) is 12.3. The molecule has 0 aliphatic rings. The van der Waals surface area contributed by atoms with Gasteiger partial charge >= 0.3 is 0 Å². The van der Waals surface area contributed by atoms with Crippen LogP contribution in [-0.2, 0) is 11.2 Å².